The molecule has 0 bridgehead atoms. The van der Waals surface area contributed by atoms with Crippen LogP contribution in [0.15, 0.2) is 0 Å². The van der Waals surface area contributed by atoms with Crippen LogP contribution in [0.1, 0.15) is 34.1 Å². The van der Waals surface area contributed by atoms with E-state index >= 15 is 0 Å². The van der Waals surface area contributed by atoms with E-state index in [1.165, 1.54) is 0 Å². The van der Waals surface area contributed by atoms with E-state index in [4.69, 9.17) is 5.73 Å². The summed E-state index contributed by atoms with van der Waals surface area (Å²) in [5, 5.41) is 10.00. The van der Waals surface area contributed by atoms with Gasteiger partial charge in [-0.25, -0.2) is 0 Å². The first-order chi connectivity index (χ1) is 5.69. The van der Waals surface area contributed by atoms with E-state index in [0.717, 1.165) is 0 Å². The van der Waals surface area contributed by atoms with Crippen LogP contribution in [-0.4, -0.2) is 17.1 Å². The number of nitrogens with two attached hydrogens (primary N) is 1. The number of hydrogen-bond donors (Lipinski definition) is 2. The number of rotatable bonds is 1. The molecule has 1 aliphatic rings. The Kier molecular flexibility index (Phi) is 2.19. The number of hydrogen-bond acceptors (Lipinski definition) is 2. The third-order valence-electron chi connectivity index (χ3n) is 3.42. The van der Waals surface area contributed by atoms with Crippen LogP contribution in [0, 0.1) is 16.7 Å². The van der Waals surface area contributed by atoms with Gasteiger partial charge in [-0.2, -0.15) is 0 Å². The molecule has 0 aromatic heterocycles. The Labute approximate surface area is 79.3 Å². The minimum atomic E-state index is -0.461. The van der Waals surface area contributed by atoms with Gasteiger partial charge >= 0.3 is 0 Å². The van der Waals surface area contributed by atoms with Gasteiger partial charge in [0.25, 0.3) is 0 Å². The van der Waals surface area contributed by atoms with Gasteiger partial charge in [-0.05, 0) is 11.8 Å². The summed E-state index contributed by atoms with van der Waals surface area (Å²) >= 11 is 0. The number of aliphatic hydroxyl groups excluding tert-OH is 1. The van der Waals surface area contributed by atoms with Gasteiger partial charge in [0.1, 0.15) is 0 Å². The van der Waals surface area contributed by atoms with Crippen molar-refractivity contribution in [1.29, 1.82) is 0 Å². The molecule has 1 rings (SSSR count). The van der Waals surface area contributed by atoms with Crippen LogP contribution in [0.25, 0.3) is 0 Å². The highest BCUT2D eigenvalue weighted by Gasteiger charge is 2.54. The average molecular weight is 185 g/mol. The highest BCUT2D eigenvalue weighted by molar-refractivity contribution is 5.78. The van der Waals surface area contributed by atoms with E-state index in [1.807, 2.05) is 27.7 Å². The molecule has 13 heavy (non-hydrogen) atoms. The molecule has 2 unspecified atom stereocenters. The smallest absolute Gasteiger partial charge is 0.221 e. The van der Waals surface area contributed by atoms with Crippen molar-refractivity contribution in [2.75, 3.05) is 0 Å². The zero-order chi connectivity index (χ0) is 10.4. The Bertz CT molecular complexity index is 233. The lowest BCUT2D eigenvalue weighted by Gasteiger charge is -2.31. The van der Waals surface area contributed by atoms with Crippen LogP contribution in [-0.2, 0) is 4.79 Å². The maximum atomic E-state index is 11.2. The normalized spacial score (nSPS) is 36.1. The van der Waals surface area contributed by atoms with Crippen molar-refractivity contribution in [2.45, 2.75) is 40.2 Å². The quantitative estimate of drug-likeness (QED) is 0.637. The maximum Gasteiger partial charge on any atom is 0.221 e. The molecular weight excluding hydrogens is 166 g/mol. The van der Waals surface area contributed by atoms with Crippen LogP contribution in [0.4, 0.5) is 0 Å². The Morgan fingerprint density at radius 2 is 1.85 bits per heavy atom. The molecule has 0 aromatic carbocycles. The average Bonchev–Trinajstić information content (AvgIpc) is 2.11. The molecule has 3 nitrogen and oxygen atoms in total. The van der Waals surface area contributed by atoms with Crippen molar-refractivity contribution in [3.05, 3.63) is 0 Å². The van der Waals surface area contributed by atoms with Gasteiger partial charge in [-0.15, -0.1) is 0 Å². The van der Waals surface area contributed by atoms with Crippen molar-refractivity contribution in [2.24, 2.45) is 22.5 Å². The Morgan fingerprint density at radius 1 is 1.38 bits per heavy atom. The van der Waals surface area contributed by atoms with Gasteiger partial charge in [0.15, 0.2) is 0 Å². The number of amides is 1. The van der Waals surface area contributed by atoms with E-state index in [2.05, 4.69) is 0 Å². The van der Waals surface area contributed by atoms with E-state index in [0.29, 0.717) is 6.42 Å². The Balaban J connectivity index is 3.00. The summed E-state index contributed by atoms with van der Waals surface area (Å²) in [6.07, 6.45) is 0.216. The van der Waals surface area contributed by atoms with Gasteiger partial charge in [-0.3, -0.25) is 4.79 Å². The van der Waals surface area contributed by atoms with E-state index in [9.17, 15) is 9.90 Å². The number of primary amides is 1. The summed E-state index contributed by atoms with van der Waals surface area (Å²) in [5.74, 6) is -0.507. The molecule has 3 N–H and O–H groups in total. The minimum absolute atomic E-state index is 0.205. The lowest BCUT2D eigenvalue weighted by atomic mass is 9.78. The monoisotopic (exact) mass is 185 g/mol. The second-order valence-electron chi connectivity index (χ2n) is 5.37. The molecule has 0 saturated heterocycles. The Morgan fingerprint density at radius 3 is 2.00 bits per heavy atom. The maximum absolute atomic E-state index is 11.2. The van der Waals surface area contributed by atoms with Gasteiger partial charge in [0.05, 0.1) is 6.10 Å². The molecule has 1 saturated carbocycles. The third-order valence-corrected chi connectivity index (χ3v) is 3.42. The first kappa shape index (κ1) is 10.5. The number of aliphatic hydroxyl groups is 1. The van der Waals surface area contributed by atoms with Crippen molar-refractivity contribution in [1.82, 2.24) is 0 Å². The van der Waals surface area contributed by atoms with E-state index in [1.54, 1.807) is 0 Å². The predicted molar refractivity (Wildman–Crippen MR) is 50.9 cm³/mol. The second-order valence-corrected chi connectivity index (χ2v) is 5.37. The van der Waals surface area contributed by atoms with Crippen molar-refractivity contribution in [3.8, 4) is 0 Å². The summed E-state index contributed by atoms with van der Waals surface area (Å²) in [6, 6.07) is 0. The lowest BCUT2D eigenvalue weighted by Crippen LogP contribution is -2.38. The largest absolute Gasteiger partial charge is 0.392 e. The van der Waals surface area contributed by atoms with E-state index < -0.39 is 11.5 Å². The fourth-order valence-electron chi connectivity index (χ4n) is 2.57. The van der Waals surface area contributed by atoms with Crippen molar-refractivity contribution >= 4 is 5.91 Å². The standard InChI is InChI=1S/C10H19NO2/c1-9(2)5-6(7(11)12)10(3,4)8(9)13/h6,8,13H,5H2,1-4H3,(H2,11,12). The summed E-state index contributed by atoms with van der Waals surface area (Å²) in [4.78, 5) is 11.2. The zero-order valence-electron chi connectivity index (χ0n) is 8.79. The fraction of sp³-hybridized carbons (Fsp3) is 0.900. The van der Waals surface area contributed by atoms with Crippen LogP contribution >= 0.6 is 0 Å². The fourth-order valence-corrected chi connectivity index (χ4v) is 2.57. The van der Waals surface area contributed by atoms with Gasteiger partial charge in [-0.1, -0.05) is 27.7 Å². The summed E-state index contributed by atoms with van der Waals surface area (Å²) in [6.45, 7) is 7.76. The molecule has 1 amide bonds. The molecule has 0 spiro atoms. The molecular formula is C10H19NO2. The molecule has 1 aliphatic carbocycles. The zero-order valence-corrected chi connectivity index (χ0v) is 8.79. The van der Waals surface area contributed by atoms with Crippen LogP contribution in [0.5, 0.6) is 0 Å². The molecule has 1 fully saturated rings. The first-order valence-electron chi connectivity index (χ1n) is 4.67. The first-order valence-corrected chi connectivity index (χ1v) is 4.67. The van der Waals surface area contributed by atoms with Crippen molar-refractivity contribution in [3.63, 3.8) is 0 Å². The second kappa shape index (κ2) is 2.71. The predicted octanol–water partition coefficient (Wildman–Crippen LogP) is 0.905. The van der Waals surface area contributed by atoms with Crippen LogP contribution in [0.3, 0.4) is 0 Å². The van der Waals surface area contributed by atoms with Gasteiger partial charge < -0.3 is 10.8 Å². The highest BCUT2D eigenvalue weighted by Crippen LogP contribution is 2.52. The molecule has 0 aliphatic heterocycles. The Hall–Kier alpha value is -0.570. The van der Waals surface area contributed by atoms with Crippen LogP contribution in [0.2, 0.25) is 0 Å². The molecule has 76 valence electrons. The number of carbonyl (C=O) groups is 1. The summed E-state index contributed by atoms with van der Waals surface area (Å²) in [7, 11) is 0. The topological polar surface area (TPSA) is 63.3 Å². The third kappa shape index (κ3) is 1.46. The molecule has 0 heterocycles. The van der Waals surface area contributed by atoms with Crippen LogP contribution < -0.4 is 5.73 Å². The van der Waals surface area contributed by atoms with Gasteiger partial charge in [0, 0.05) is 11.3 Å². The minimum Gasteiger partial charge on any atom is -0.392 e. The molecule has 2 atom stereocenters. The van der Waals surface area contributed by atoms with E-state index in [-0.39, 0.29) is 17.2 Å². The number of carbonyl (C=O) groups excluding carboxylic acids is 1. The highest BCUT2D eigenvalue weighted by atomic mass is 16.3. The molecule has 0 radical (unpaired) electrons. The summed E-state index contributed by atoms with van der Waals surface area (Å²) < 4.78 is 0. The molecule has 0 aromatic rings. The summed E-state index contributed by atoms with van der Waals surface area (Å²) in [5.41, 5.74) is 4.71. The SMILES string of the molecule is CC1(C)CC(C(N)=O)C(C)(C)C1O. The lowest BCUT2D eigenvalue weighted by molar-refractivity contribution is -0.125. The molecule has 3 heteroatoms. The van der Waals surface area contributed by atoms with Crippen molar-refractivity contribution < 1.29 is 9.90 Å². The van der Waals surface area contributed by atoms with Gasteiger partial charge in [0.2, 0.25) is 5.91 Å².